The Kier molecular flexibility index (Phi) is 3.94. The molecule has 0 spiro atoms. The fourth-order valence-corrected chi connectivity index (χ4v) is 3.73. The lowest BCUT2D eigenvalue weighted by molar-refractivity contribution is 0.102. The summed E-state index contributed by atoms with van der Waals surface area (Å²) in [5, 5.41) is 4.35. The minimum absolute atomic E-state index is 0.210. The number of nitrogens with one attached hydrogen (secondary N) is 1. The van der Waals surface area contributed by atoms with Gasteiger partial charge in [-0.1, -0.05) is 35.3 Å². The van der Waals surface area contributed by atoms with Gasteiger partial charge in [0, 0.05) is 29.8 Å². The molecule has 1 aromatic carbocycles. The minimum Gasteiger partial charge on any atom is -0.459 e. The molecule has 4 rings (SSSR count). The van der Waals surface area contributed by atoms with E-state index in [2.05, 4.69) is 10.3 Å². The number of rotatable bonds is 2. The number of carbonyl (C=O) groups is 1. The largest absolute Gasteiger partial charge is 0.459 e. The summed E-state index contributed by atoms with van der Waals surface area (Å²) in [5.41, 5.74) is 2.80. The Hall–Kier alpha value is -2.04. The zero-order valence-corrected chi connectivity index (χ0v) is 14.2. The lowest BCUT2D eigenvalue weighted by atomic mass is 9.96. The van der Waals surface area contributed by atoms with E-state index in [0.29, 0.717) is 11.3 Å². The maximum absolute atomic E-state index is 12.6. The number of pyridine rings is 1. The van der Waals surface area contributed by atoms with Gasteiger partial charge in [0.2, 0.25) is 0 Å². The molecule has 0 saturated heterocycles. The lowest BCUT2D eigenvalue weighted by Gasteiger charge is -2.08. The predicted octanol–water partition coefficient (Wildman–Crippen LogP) is 5.27. The Morgan fingerprint density at radius 3 is 2.67 bits per heavy atom. The smallest absolute Gasteiger partial charge is 0.258 e. The number of nitrogens with zero attached hydrogens (tertiary/aromatic N) is 1. The molecule has 1 aliphatic carbocycles. The van der Waals surface area contributed by atoms with Crippen LogP contribution in [0.1, 0.15) is 34.5 Å². The molecule has 0 unspecified atom stereocenters. The first-order valence-corrected chi connectivity index (χ1v) is 8.54. The number of anilines is 1. The molecule has 2 aromatic heterocycles. The molecule has 6 heteroatoms. The molecule has 1 amide bonds. The molecular weight excluding hydrogens is 347 g/mol. The van der Waals surface area contributed by atoms with Crippen molar-refractivity contribution in [2.75, 3.05) is 5.32 Å². The Labute approximate surface area is 148 Å². The molecule has 122 valence electrons. The van der Waals surface area contributed by atoms with Crippen LogP contribution < -0.4 is 5.32 Å². The maximum Gasteiger partial charge on any atom is 0.258 e. The molecule has 24 heavy (non-hydrogen) atoms. The number of furan rings is 1. The Bertz CT molecular complexity index is 929. The molecular formula is C18H14Cl2N2O2. The van der Waals surface area contributed by atoms with E-state index in [0.717, 1.165) is 30.4 Å². The van der Waals surface area contributed by atoms with Crippen LogP contribution >= 0.6 is 23.2 Å². The highest BCUT2D eigenvalue weighted by Gasteiger charge is 2.21. The number of amides is 1. The van der Waals surface area contributed by atoms with E-state index in [9.17, 15) is 4.79 Å². The van der Waals surface area contributed by atoms with Crippen molar-refractivity contribution in [2.45, 2.75) is 25.7 Å². The first kappa shape index (κ1) is 15.5. The number of halogens is 2. The number of hydrogen-bond donors (Lipinski definition) is 1. The van der Waals surface area contributed by atoms with E-state index in [1.54, 1.807) is 0 Å². The van der Waals surface area contributed by atoms with E-state index >= 15 is 0 Å². The average molecular weight is 361 g/mol. The highest BCUT2D eigenvalue weighted by molar-refractivity contribution is 6.40. The Morgan fingerprint density at radius 2 is 1.88 bits per heavy atom. The van der Waals surface area contributed by atoms with Crippen LogP contribution in [0.25, 0.3) is 11.0 Å². The summed E-state index contributed by atoms with van der Waals surface area (Å²) in [6, 6.07) is 5.77. The molecule has 3 aromatic rings. The van der Waals surface area contributed by atoms with Crippen molar-refractivity contribution < 1.29 is 9.21 Å². The molecule has 2 heterocycles. The van der Waals surface area contributed by atoms with Gasteiger partial charge in [-0.2, -0.15) is 0 Å². The van der Waals surface area contributed by atoms with Gasteiger partial charge in [0.15, 0.2) is 5.58 Å². The number of carbonyl (C=O) groups excluding carboxylic acids is 1. The number of aromatic nitrogens is 1. The molecule has 0 fully saturated rings. The zero-order chi connectivity index (χ0) is 16.7. The second kappa shape index (κ2) is 6.11. The summed E-state index contributed by atoms with van der Waals surface area (Å²) in [5.74, 6) is 0.646. The van der Waals surface area contributed by atoms with E-state index in [1.807, 2.05) is 18.2 Å². The Morgan fingerprint density at radius 1 is 1.12 bits per heavy atom. The van der Waals surface area contributed by atoms with Gasteiger partial charge in [-0.05, 0) is 25.3 Å². The second-order valence-corrected chi connectivity index (χ2v) is 6.64. The molecule has 1 N–H and O–H groups in total. The van der Waals surface area contributed by atoms with Gasteiger partial charge < -0.3 is 9.73 Å². The number of aryl methyl sites for hydroxylation is 2. The maximum atomic E-state index is 12.6. The van der Waals surface area contributed by atoms with Gasteiger partial charge in [0.05, 0.1) is 21.3 Å². The molecule has 0 atom stereocenters. The third-order valence-corrected chi connectivity index (χ3v) is 4.88. The van der Waals surface area contributed by atoms with Crippen molar-refractivity contribution in [1.29, 1.82) is 0 Å². The van der Waals surface area contributed by atoms with Gasteiger partial charge in [-0.15, -0.1) is 0 Å². The molecule has 4 nitrogen and oxygen atoms in total. The molecule has 0 aliphatic heterocycles. The Balaban J connectivity index is 1.75. The minimum atomic E-state index is -0.380. The highest BCUT2D eigenvalue weighted by Crippen LogP contribution is 2.36. The molecule has 0 bridgehead atoms. The van der Waals surface area contributed by atoms with Crippen LogP contribution in [0.15, 0.2) is 35.0 Å². The molecule has 1 aliphatic rings. The predicted molar refractivity (Wildman–Crippen MR) is 95.1 cm³/mol. The third-order valence-electron chi connectivity index (χ3n) is 4.31. The van der Waals surface area contributed by atoms with Crippen LogP contribution in [0, 0.1) is 0 Å². The normalized spacial score (nSPS) is 13.8. The second-order valence-electron chi connectivity index (χ2n) is 5.83. The number of fused-ring (bicyclic) bond motifs is 3. The SMILES string of the molecule is O=C(Nc1cccc2c3c(oc12)CCCC3)c1c(Cl)cncc1Cl. The number of benzene rings is 1. The number of hydrogen-bond acceptors (Lipinski definition) is 3. The van der Waals surface area contributed by atoms with Crippen molar-refractivity contribution in [3.05, 3.63) is 57.5 Å². The molecule has 0 saturated carbocycles. The van der Waals surface area contributed by atoms with Crippen molar-refractivity contribution in [2.24, 2.45) is 0 Å². The number of para-hydroxylation sites is 1. The summed E-state index contributed by atoms with van der Waals surface area (Å²) < 4.78 is 6.03. The van der Waals surface area contributed by atoms with Crippen LogP contribution in [0.2, 0.25) is 10.0 Å². The van der Waals surface area contributed by atoms with E-state index in [1.165, 1.54) is 24.4 Å². The zero-order valence-electron chi connectivity index (χ0n) is 12.7. The van der Waals surface area contributed by atoms with E-state index < -0.39 is 0 Å². The topological polar surface area (TPSA) is 55.1 Å². The summed E-state index contributed by atoms with van der Waals surface area (Å²) in [6.07, 6.45) is 7.06. The summed E-state index contributed by atoms with van der Waals surface area (Å²) in [6.45, 7) is 0. The molecule has 0 radical (unpaired) electrons. The van der Waals surface area contributed by atoms with Gasteiger partial charge in [-0.3, -0.25) is 9.78 Å². The van der Waals surface area contributed by atoms with Gasteiger partial charge >= 0.3 is 0 Å². The van der Waals surface area contributed by atoms with E-state index in [4.69, 9.17) is 27.6 Å². The third kappa shape index (κ3) is 2.56. The van der Waals surface area contributed by atoms with Gasteiger partial charge in [-0.25, -0.2) is 0 Å². The van der Waals surface area contributed by atoms with Crippen molar-refractivity contribution >= 4 is 45.8 Å². The highest BCUT2D eigenvalue weighted by atomic mass is 35.5. The quantitative estimate of drug-likeness (QED) is 0.677. The van der Waals surface area contributed by atoms with Gasteiger partial charge in [0.1, 0.15) is 5.76 Å². The van der Waals surface area contributed by atoms with E-state index in [-0.39, 0.29) is 21.5 Å². The summed E-state index contributed by atoms with van der Waals surface area (Å²) >= 11 is 12.1. The monoisotopic (exact) mass is 360 g/mol. The van der Waals surface area contributed by atoms with Crippen LogP contribution in [-0.4, -0.2) is 10.9 Å². The fourth-order valence-electron chi connectivity index (χ4n) is 3.19. The van der Waals surface area contributed by atoms with Crippen LogP contribution in [0.3, 0.4) is 0 Å². The van der Waals surface area contributed by atoms with Crippen molar-refractivity contribution in [3.8, 4) is 0 Å². The van der Waals surface area contributed by atoms with Crippen molar-refractivity contribution in [3.63, 3.8) is 0 Å². The first-order valence-electron chi connectivity index (χ1n) is 7.79. The standard InChI is InChI=1S/C18H14Cl2N2O2/c19-12-8-21-9-13(20)16(12)18(23)22-14-6-3-5-11-10-4-1-2-7-15(10)24-17(11)14/h3,5-6,8-9H,1-2,4,7H2,(H,22,23). The summed E-state index contributed by atoms with van der Waals surface area (Å²) in [4.78, 5) is 16.5. The van der Waals surface area contributed by atoms with Gasteiger partial charge in [0.25, 0.3) is 5.91 Å². The van der Waals surface area contributed by atoms with Crippen molar-refractivity contribution in [1.82, 2.24) is 4.98 Å². The fraction of sp³-hybridized carbons (Fsp3) is 0.222. The average Bonchev–Trinajstić information content (AvgIpc) is 2.95. The van der Waals surface area contributed by atoms with Crippen LogP contribution in [0.5, 0.6) is 0 Å². The van der Waals surface area contributed by atoms with Crippen LogP contribution in [0.4, 0.5) is 5.69 Å². The first-order chi connectivity index (χ1) is 11.6. The van der Waals surface area contributed by atoms with Crippen LogP contribution in [-0.2, 0) is 12.8 Å². The lowest BCUT2D eigenvalue weighted by Crippen LogP contribution is -2.13. The summed E-state index contributed by atoms with van der Waals surface area (Å²) in [7, 11) is 0.